The van der Waals surface area contributed by atoms with Crippen LogP contribution < -0.4 is 0 Å². The summed E-state index contributed by atoms with van der Waals surface area (Å²) in [6, 6.07) is 4.28. The molecular weight excluding hydrogens is 379 g/mol. The fourth-order valence-electron chi connectivity index (χ4n) is 1.57. The van der Waals surface area contributed by atoms with Crippen molar-refractivity contribution in [1.82, 2.24) is 15.4 Å². The maximum Gasteiger partial charge on any atom is 0.361 e. The molecule has 0 atom stereocenters. The second-order valence-corrected chi connectivity index (χ2v) is 4.82. The SMILES string of the molecule is CCOC(=O)c1n[nH]nc1-c1ccc([N+](=O)[O-])cc1I. The summed E-state index contributed by atoms with van der Waals surface area (Å²) in [6.45, 7) is 1.91. The Hall–Kier alpha value is -2.04. The number of hydrogen-bond acceptors (Lipinski definition) is 6. The molecule has 0 bridgehead atoms. The van der Waals surface area contributed by atoms with Crippen molar-refractivity contribution in [3.8, 4) is 11.3 Å². The standard InChI is InChI=1S/C11H9IN4O4/c1-2-20-11(17)10-9(13-15-14-10)7-4-3-6(16(18)19)5-8(7)12/h3-5H,2H2,1H3,(H,13,14,15). The number of rotatable bonds is 4. The summed E-state index contributed by atoms with van der Waals surface area (Å²) >= 11 is 1.94. The Bertz CT molecular complexity index is 670. The maximum absolute atomic E-state index is 11.7. The van der Waals surface area contributed by atoms with E-state index < -0.39 is 10.9 Å². The van der Waals surface area contributed by atoms with Gasteiger partial charge < -0.3 is 4.74 Å². The Balaban J connectivity index is 2.45. The van der Waals surface area contributed by atoms with Crippen molar-refractivity contribution in [2.24, 2.45) is 0 Å². The summed E-state index contributed by atoms with van der Waals surface area (Å²) in [5, 5.41) is 20.7. The molecule has 0 aliphatic heterocycles. The molecule has 104 valence electrons. The van der Waals surface area contributed by atoms with Crippen molar-refractivity contribution in [3.05, 3.63) is 37.6 Å². The van der Waals surface area contributed by atoms with Crippen molar-refractivity contribution in [1.29, 1.82) is 0 Å². The fraction of sp³-hybridized carbons (Fsp3) is 0.182. The zero-order valence-corrected chi connectivity index (χ0v) is 12.4. The Morgan fingerprint density at radius 2 is 2.25 bits per heavy atom. The highest BCUT2D eigenvalue weighted by Crippen LogP contribution is 2.28. The molecule has 0 amide bonds. The van der Waals surface area contributed by atoms with Crippen LogP contribution in [0.5, 0.6) is 0 Å². The topological polar surface area (TPSA) is 111 Å². The van der Waals surface area contributed by atoms with Gasteiger partial charge in [-0.3, -0.25) is 10.1 Å². The molecule has 2 rings (SSSR count). The van der Waals surface area contributed by atoms with Gasteiger partial charge in [0.15, 0.2) is 5.69 Å². The Kier molecular flexibility index (Phi) is 4.27. The lowest BCUT2D eigenvalue weighted by Gasteiger charge is -2.03. The van der Waals surface area contributed by atoms with Gasteiger partial charge in [-0.15, -0.1) is 5.10 Å². The molecule has 0 spiro atoms. The second-order valence-electron chi connectivity index (χ2n) is 3.66. The Morgan fingerprint density at radius 3 is 2.85 bits per heavy atom. The fourth-order valence-corrected chi connectivity index (χ4v) is 2.32. The van der Waals surface area contributed by atoms with Crippen LogP contribution in [0.15, 0.2) is 18.2 Å². The second kappa shape index (κ2) is 5.94. The summed E-state index contributed by atoms with van der Waals surface area (Å²) in [7, 11) is 0. The summed E-state index contributed by atoms with van der Waals surface area (Å²) < 4.78 is 5.47. The molecule has 0 unspecified atom stereocenters. The summed E-state index contributed by atoms with van der Waals surface area (Å²) in [5.74, 6) is -0.592. The first-order chi connectivity index (χ1) is 9.54. The van der Waals surface area contributed by atoms with E-state index in [4.69, 9.17) is 4.74 Å². The van der Waals surface area contributed by atoms with Crippen LogP contribution in [0.25, 0.3) is 11.3 Å². The minimum absolute atomic E-state index is 0.0284. The van der Waals surface area contributed by atoms with Crippen molar-refractivity contribution in [2.75, 3.05) is 6.61 Å². The molecule has 20 heavy (non-hydrogen) atoms. The van der Waals surface area contributed by atoms with Gasteiger partial charge in [0.25, 0.3) is 5.69 Å². The van der Waals surface area contributed by atoms with Gasteiger partial charge in [-0.25, -0.2) is 4.79 Å². The van der Waals surface area contributed by atoms with Crippen LogP contribution in [0.3, 0.4) is 0 Å². The number of non-ortho nitro benzene ring substituents is 1. The van der Waals surface area contributed by atoms with E-state index >= 15 is 0 Å². The highest BCUT2D eigenvalue weighted by Gasteiger charge is 2.21. The number of nitrogens with one attached hydrogen (secondary N) is 1. The summed E-state index contributed by atoms with van der Waals surface area (Å²) in [4.78, 5) is 22.0. The molecule has 1 aromatic heterocycles. The number of nitro benzene ring substituents is 1. The summed E-state index contributed by atoms with van der Waals surface area (Å²) in [5.41, 5.74) is 0.911. The van der Waals surface area contributed by atoms with Crippen LogP contribution in [-0.4, -0.2) is 32.9 Å². The van der Waals surface area contributed by atoms with E-state index in [1.165, 1.54) is 18.2 Å². The van der Waals surface area contributed by atoms with E-state index in [0.717, 1.165) is 0 Å². The molecule has 8 nitrogen and oxygen atoms in total. The molecule has 1 heterocycles. The number of benzene rings is 1. The van der Waals surface area contributed by atoms with Crippen LogP contribution in [0.4, 0.5) is 5.69 Å². The van der Waals surface area contributed by atoms with Crippen molar-refractivity contribution in [3.63, 3.8) is 0 Å². The number of aromatic amines is 1. The number of ether oxygens (including phenoxy) is 1. The molecular formula is C11H9IN4O4. The molecule has 0 saturated heterocycles. The minimum atomic E-state index is -0.592. The Labute approximate surface area is 126 Å². The van der Waals surface area contributed by atoms with E-state index in [0.29, 0.717) is 14.8 Å². The number of aromatic nitrogens is 3. The lowest BCUT2D eigenvalue weighted by atomic mass is 10.1. The summed E-state index contributed by atoms with van der Waals surface area (Å²) in [6.07, 6.45) is 0. The third kappa shape index (κ3) is 2.76. The highest BCUT2D eigenvalue weighted by atomic mass is 127. The number of halogens is 1. The zero-order valence-electron chi connectivity index (χ0n) is 10.3. The molecule has 0 aliphatic carbocycles. The molecule has 0 fully saturated rings. The van der Waals surface area contributed by atoms with Crippen LogP contribution in [0, 0.1) is 13.7 Å². The predicted octanol–water partition coefficient (Wildman–Crippen LogP) is 2.16. The quantitative estimate of drug-likeness (QED) is 0.372. The first kappa shape index (κ1) is 14.4. The minimum Gasteiger partial charge on any atom is -0.461 e. The number of esters is 1. The van der Waals surface area contributed by atoms with Crippen LogP contribution in [0.2, 0.25) is 0 Å². The number of carbonyl (C=O) groups is 1. The third-order valence-corrected chi connectivity index (χ3v) is 3.33. The van der Waals surface area contributed by atoms with E-state index in [1.54, 1.807) is 6.92 Å². The van der Waals surface area contributed by atoms with Gasteiger partial charge in [-0.2, -0.15) is 10.3 Å². The highest BCUT2D eigenvalue weighted by molar-refractivity contribution is 14.1. The maximum atomic E-state index is 11.7. The molecule has 1 aromatic carbocycles. The van der Waals surface area contributed by atoms with Crippen molar-refractivity contribution >= 4 is 34.2 Å². The molecule has 0 aliphatic rings. The van der Waals surface area contributed by atoms with Gasteiger partial charge in [0.2, 0.25) is 0 Å². The van der Waals surface area contributed by atoms with Crippen molar-refractivity contribution in [2.45, 2.75) is 6.92 Å². The van der Waals surface area contributed by atoms with Gasteiger partial charge in [0.05, 0.1) is 11.5 Å². The van der Waals surface area contributed by atoms with Gasteiger partial charge in [-0.05, 0) is 35.6 Å². The van der Waals surface area contributed by atoms with E-state index in [9.17, 15) is 14.9 Å². The number of nitrogens with zero attached hydrogens (tertiary/aromatic N) is 3. The van der Waals surface area contributed by atoms with Crippen LogP contribution in [0.1, 0.15) is 17.4 Å². The van der Waals surface area contributed by atoms with Gasteiger partial charge in [0.1, 0.15) is 5.69 Å². The lowest BCUT2D eigenvalue weighted by molar-refractivity contribution is -0.384. The molecule has 0 radical (unpaired) electrons. The third-order valence-electron chi connectivity index (χ3n) is 2.44. The van der Waals surface area contributed by atoms with Gasteiger partial charge in [0, 0.05) is 21.3 Å². The first-order valence-corrected chi connectivity index (χ1v) is 6.64. The number of H-pyrrole nitrogens is 1. The van der Waals surface area contributed by atoms with Crippen LogP contribution in [-0.2, 0) is 4.74 Å². The van der Waals surface area contributed by atoms with E-state index in [-0.39, 0.29) is 18.0 Å². The molecule has 1 N–H and O–H groups in total. The number of carbonyl (C=O) groups excluding carboxylic acids is 1. The van der Waals surface area contributed by atoms with Gasteiger partial charge >= 0.3 is 5.97 Å². The molecule has 0 saturated carbocycles. The lowest BCUT2D eigenvalue weighted by Crippen LogP contribution is -2.07. The average Bonchev–Trinajstić information content (AvgIpc) is 2.87. The number of nitro groups is 1. The predicted molar refractivity (Wildman–Crippen MR) is 77.1 cm³/mol. The molecule has 2 aromatic rings. The average molecular weight is 388 g/mol. The number of hydrogen-bond donors (Lipinski definition) is 1. The normalized spacial score (nSPS) is 10.3. The first-order valence-electron chi connectivity index (χ1n) is 5.56. The van der Waals surface area contributed by atoms with Crippen LogP contribution >= 0.6 is 22.6 Å². The van der Waals surface area contributed by atoms with Crippen molar-refractivity contribution < 1.29 is 14.5 Å². The van der Waals surface area contributed by atoms with E-state index in [1.807, 2.05) is 22.6 Å². The van der Waals surface area contributed by atoms with Gasteiger partial charge in [-0.1, -0.05) is 0 Å². The van der Waals surface area contributed by atoms with E-state index in [2.05, 4.69) is 15.4 Å². The largest absolute Gasteiger partial charge is 0.461 e. The Morgan fingerprint density at radius 1 is 1.50 bits per heavy atom. The zero-order chi connectivity index (χ0) is 14.7. The molecule has 9 heteroatoms. The smallest absolute Gasteiger partial charge is 0.361 e. The monoisotopic (exact) mass is 388 g/mol.